The lowest BCUT2D eigenvalue weighted by atomic mass is 9.91. The van der Waals surface area contributed by atoms with Gasteiger partial charge in [-0.05, 0) is 31.4 Å². The van der Waals surface area contributed by atoms with E-state index in [1.807, 2.05) is 0 Å². The van der Waals surface area contributed by atoms with Crippen LogP contribution in [0.4, 0.5) is 8.78 Å². The van der Waals surface area contributed by atoms with Gasteiger partial charge in [0.15, 0.2) is 0 Å². The summed E-state index contributed by atoms with van der Waals surface area (Å²) < 4.78 is 27.9. The van der Waals surface area contributed by atoms with E-state index in [1.165, 1.54) is 0 Å². The number of hydrogen-bond donors (Lipinski definition) is 0. The maximum atomic E-state index is 13.8. The Morgan fingerprint density at radius 3 is 2.32 bits per heavy atom. The predicted octanol–water partition coefficient (Wildman–Crippen LogP) is 4.12. The molecule has 0 N–H and O–H groups in total. The van der Waals surface area contributed by atoms with Crippen LogP contribution in [0, 0.1) is 11.6 Å². The van der Waals surface area contributed by atoms with E-state index in [1.54, 1.807) is 4.90 Å². The largest absolute Gasteiger partial charge is 0.335 e. The maximum Gasteiger partial charge on any atom is 0.260 e. The fraction of sp³-hybridized carbons (Fsp3) is 0.462. The molecule has 2 rings (SSSR count). The van der Waals surface area contributed by atoms with Crippen molar-refractivity contribution in [1.29, 1.82) is 0 Å². The van der Waals surface area contributed by atoms with Crippen LogP contribution in [-0.2, 0) is 0 Å². The average Bonchev–Trinajstić information content (AvgIpc) is 2.24. The topological polar surface area (TPSA) is 20.3 Å². The molecule has 0 saturated heterocycles. The molecule has 19 heavy (non-hydrogen) atoms. The van der Waals surface area contributed by atoms with Crippen LogP contribution in [-0.4, -0.2) is 28.7 Å². The molecule has 1 amide bonds. The first-order chi connectivity index (χ1) is 9.04. The summed E-state index contributed by atoms with van der Waals surface area (Å²) in [4.78, 5) is 13.9. The minimum atomic E-state index is -0.823. The highest BCUT2D eigenvalue weighted by molar-refractivity contribution is 9.10. The number of alkyl halides is 1. The first-order valence-electron chi connectivity index (χ1n) is 6.06. The Morgan fingerprint density at radius 2 is 1.89 bits per heavy atom. The Balaban J connectivity index is 2.31. The number of carbonyl (C=O) groups excluding carboxylic acids is 1. The number of amides is 1. The first-order valence-corrected chi connectivity index (χ1v) is 7.97. The molecule has 0 bridgehead atoms. The summed E-state index contributed by atoms with van der Waals surface area (Å²) in [6.45, 7) is 0.457. The Morgan fingerprint density at radius 1 is 1.32 bits per heavy atom. The van der Waals surface area contributed by atoms with Crippen molar-refractivity contribution in [3.8, 4) is 0 Å². The molecule has 0 aromatic heterocycles. The van der Waals surface area contributed by atoms with E-state index < -0.39 is 23.1 Å². The molecule has 0 unspecified atom stereocenters. The number of carbonyl (C=O) groups is 1. The van der Waals surface area contributed by atoms with Gasteiger partial charge in [0.25, 0.3) is 5.91 Å². The molecule has 0 spiro atoms. The minimum absolute atomic E-state index is 0.104. The molecule has 1 aromatic rings. The van der Waals surface area contributed by atoms with Crippen molar-refractivity contribution in [3.05, 3.63) is 33.8 Å². The van der Waals surface area contributed by atoms with Gasteiger partial charge in [-0.3, -0.25) is 4.79 Å². The molecule has 1 aromatic carbocycles. The zero-order chi connectivity index (χ0) is 14.0. The van der Waals surface area contributed by atoms with Gasteiger partial charge < -0.3 is 4.90 Å². The highest BCUT2D eigenvalue weighted by Crippen LogP contribution is 2.28. The van der Waals surface area contributed by atoms with E-state index in [0.717, 1.165) is 31.4 Å². The summed E-state index contributed by atoms with van der Waals surface area (Å²) in [6, 6.07) is 2.33. The summed E-state index contributed by atoms with van der Waals surface area (Å²) in [5, 5.41) is 0.592. The molecule has 0 aliphatic heterocycles. The summed E-state index contributed by atoms with van der Waals surface area (Å²) in [5.74, 6) is -2.21. The second-order valence-electron chi connectivity index (χ2n) is 4.52. The van der Waals surface area contributed by atoms with Crippen LogP contribution in [0.1, 0.15) is 29.6 Å². The fourth-order valence-corrected chi connectivity index (χ4v) is 2.91. The molecular weight excluding hydrogens is 384 g/mol. The highest BCUT2D eigenvalue weighted by Gasteiger charge is 2.31. The smallest absolute Gasteiger partial charge is 0.260 e. The monoisotopic (exact) mass is 395 g/mol. The quantitative estimate of drug-likeness (QED) is 0.701. The number of halogens is 4. The predicted molar refractivity (Wildman–Crippen MR) is 76.5 cm³/mol. The molecule has 0 radical (unpaired) electrons. The second-order valence-corrected chi connectivity index (χ2v) is 6.23. The molecular formula is C13H13Br2F2NO. The van der Waals surface area contributed by atoms with Gasteiger partial charge in [0.05, 0.1) is 0 Å². The van der Waals surface area contributed by atoms with E-state index in [9.17, 15) is 13.6 Å². The van der Waals surface area contributed by atoms with Crippen molar-refractivity contribution in [2.45, 2.75) is 25.3 Å². The number of rotatable bonds is 4. The van der Waals surface area contributed by atoms with Crippen molar-refractivity contribution >= 4 is 37.8 Å². The summed E-state index contributed by atoms with van der Waals surface area (Å²) >= 11 is 6.28. The van der Waals surface area contributed by atoms with Gasteiger partial charge in [-0.1, -0.05) is 31.9 Å². The third kappa shape index (κ3) is 3.16. The van der Waals surface area contributed by atoms with Crippen LogP contribution in [0.3, 0.4) is 0 Å². The average molecular weight is 397 g/mol. The van der Waals surface area contributed by atoms with Crippen molar-refractivity contribution in [1.82, 2.24) is 4.90 Å². The Kier molecular flexibility index (Phi) is 4.95. The van der Waals surface area contributed by atoms with Gasteiger partial charge in [0, 0.05) is 22.4 Å². The van der Waals surface area contributed by atoms with Crippen LogP contribution < -0.4 is 0 Å². The second kappa shape index (κ2) is 6.31. The molecule has 1 aliphatic rings. The van der Waals surface area contributed by atoms with Gasteiger partial charge in [-0.25, -0.2) is 8.78 Å². The van der Waals surface area contributed by atoms with Crippen molar-refractivity contribution in [3.63, 3.8) is 0 Å². The van der Waals surface area contributed by atoms with Crippen molar-refractivity contribution in [2.75, 3.05) is 11.9 Å². The summed E-state index contributed by atoms with van der Waals surface area (Å²) in [7, 11) is 0. The standard InChI is InChI=1S/C13H13Br2F2NO/c14-4-5-18(9-2-1-3-9)13(19)12-10(16)6-8(15)7-11(12)17/h6-7,9H,1-5H2. The lowest BCUT2D eigenvalue weighted by Crippen LogP contribution is -2.45. The third-order valence-electron chi connectivity index (χ3n) is 3.32. The molecule has 1 saturated carbocycles. The van der Waals surface area contributed by atoms with E-state index in [2.05, 4.69) is 31.9 Å². The highest BCUT2D eigenvalue weighted by atomic mass is 79.9. The van der Waals surface area contributed by atoms with Gasteiger partial charge in [-0.15, -0.1) is 0 Å². The third-order valence-corrected chi connectivity index (χ3v) is 4.13. The summed E-state index contributed by atoms with van der Waals surface area (Å²) in [6.07, 6.45) is 2.86. The zero-order valence-corrected chi connectivity index (χ0v) is 13.3. The molecule has 2 nitrogen and oxygen atoms in total. The van der Waals surface area contributed by atoms with Crippen LogP contribution >= 0.6 is 31.9 Å². The SMILES string of the molecule is O=C(c1c(F)cc(Br)cc1F)N(CCBr)C1CCC1. The molecule has 104 valence electrons. The van der Waals surface area contributed by atoms with Crippen LogP contribution in [0.15, 0.2) is 16.6 Å². The number of hydrogen-bond acceptors (Lipinski definition) is 1. The van der Waals surface area contributed by atoms with Gasteiger partial charge >= 0.3 is 0 Å². The van der Waals surface area contributed by atoms with E-state index in [0.29, 0.717) is 11.9 Å². The van der Waals surface area contributed by atoms with Crippen LogP contribution in [0.5, 0.6) is 0 Å². The maximum absolute atomic E-state index is 13.8. The molecule has 1 fully saturated rings. The van der Waals surface area contributed by atoms with E-state index in [4.69, 9.17) is 0 Å². The van der Waals surface area contributed by atoms with Gasteiger partial charge in [-0.2, -0.15) is 0 Å². The van der Waals surface area contributed by atoms with Gasteiger partial charge in [0.2, 0.25) is 0 Å². The number of nitrogens with zero attached hydrogens (tertiary/aromatic N) is 1. The number of benzene rings is 1. The zero-order valence-electron chi connectivity index (χ0n) is 10.1. The van der Waals surface area contributed by atoms with Crippen LogP contribution in [0.2, 0.25) is 0 Å². The fourth-order valence-electron chi connectivity index (χ4n) is 2.13. The Labute approximate surface area is 127 Å². The normalized spacial score (nSPS) is 15.2. The van der Waals surface area contributed by atoms with E-state index >= 15 is 0 Å². The lowest BCUT2D eigenvalue weighted by Gasteiger charge is -2.37. The molecule has 6 heteroatoms. The first kappa shape index (κ1) is 14.9. The summed E-state index contributed by atoms with van der Waals surface area (Å²) in [5.41, 5.74) is -0.462. The Hall–Kier alpha value is -0.490. The minimum Gasteiger partial charge on any atom is -0.335 e. The molecule has 1 aliphatic carbocycles. The van der Waals surface area contributed by atoms with Crippen molar-refractivity contribution < 1.29 is 13.6 Å². The Bertz CT molecular complexity index is 469. The molecule has 0 atom stereocenters. The van der Waals surface area contributed by atoms with Crippen LogP contribution in [0.25, 0.3) is 0 Å². The van der Waals surface area contributed by atoms with E-state index in [-0.39, 0.29) is 10.5 Å². The van der Waals surface area contributed by atoms with Gasteiger partial charge in [0.1, 0.15) is 17.2 Å². The lowest BCUT2D eigenvalue weighted by molar-refractivity contribution is 0.0589. The molecule has 0 heterocycles. The van der Waals surface area contributed by atoms with Crippen molar-refractivity contribution in [2.24, 2.45) is 0 Å².